The van der Waals surface area contributed by atoms with Crippen LogP contribution in [0.25, 0.3) is 0 Å². The number of benzene rings is 1. The zero-order valence-electron chi connectivity index (χ0n) is 9.60. The summed E-state index contributed by atoms with van der Waals surface area (Å²) in [5.41, 5.74) is 0.782. The summed E-state index contributed by atoms with van der Waals surface area (Å²) in [6, 6.07) is 5.62. The van der Waals surface area contributed by atoms with Gasteiger partial charge < -0.3 is 14.6 Å². The highest BCUT2D eigenvalue weighted by atomic mass is 16.5. The second kappa shape index (κ2) is 3.39. The van der Waals surface area contributed by atoms with Crippen molar-refractivity contribution in [3.8, 4) is 11.5 Å². The quantitative estimate of drug-likeness (QED) is 0.848. The third kappa shape index (κ3) is 1.40. The number of methoxy groups -OCH3 is 1. The maximum Gasteiger partial charge on any atom is 0.307 e. The van der Waals surface area contributed by atoms with Gasteiger partial charge in [0.05, 0.1) is 19.6 Å². The molecule has 1 heterocycles. The van der Waals surface area contributed by atoms with Crippen molar-refractivity contribution < 1.29 is 19.4 Å². The predicted octanol–water partition coefficient (Wildman–Crippen LogP) is 1.82. The second-order valence-electron chi connectivity index (χ2n) is 4.71. The molecule has 2 atom stereocenters. The SMILES string of the molecule is COc1ccc2c(c1)[C@]1(CCO2)C[C@H]1C(=O)O. The first-order valence-electron chi connectivity index (χ1n) is 5.71. The molecule has 0 aromatic heterocycles. The molecule has 1 aromatic carbocycles. The highest BCUT2D eigenvalue weighted by Gasteiger charge is 2.61. The lowest BCUT2D eigenvalue weighted by Gasteiger charge is -2.26. The third-order valence-electron chi connectivity index (χ3n) is 3.90. The Morgan fingerprint density at radius 1 is 1.59 bits per heavy atom. The summed E-state index contributed by atoms with van der Waals surface area (Å²) < 4.78 is 10.8. The van der Waals surface area contributed by atoms with Crippen LogP contribution in [0, 0.1) is 5.92 Å². The van der Waals surface area contributed by atoms with Crippen LogP contribution in [0.15, 0.2) is 18.2 Å². The summed E-state index contributed by atoms with van der Waals surface area (Å²) in [5.74, 6) is 0.586. The minimum atomic E-state index is -0.708. The van der Waals surface area contributed by atoms with E-state index >= 15 is 0 Å². The maximum atomic E-state index is 11.1. The van der Waals surface area contributed by atoms with Crippen LogP contribution in [0.2, 0.25) is 0 Å². The topological polar surface area (TPSA) is 55.8 Å². The van der Waals surface area contributed by atoms with Gasteiger partial charge in [0.1, 0.15) is 11.5 Å². The minimum absolute atomic E-state index is 0.214. The zero-order valence-corrected chi connectivity index (χ0v) is 9.60. The van der Waals surface area contributed by atoms with Crippen molar-refractivity contribution in [2.75, 3.05) is 13.7 Å². The van der Waals surface area contributed by atoms with Gasteiger partial charge >= 0.3 is 5.97 Å². The molecule has 4 heteroatoms. The first-order chi connectivity index (χ1) is 8.17. The van der Waals surface area contributed by atoms with Crippen LogP contribution < -0.4 is 9.47 Å². The van der Waals surface area contributed by atoms with Crippen LogP contribution in [-0.2, 0) is 10.2 Å². The Kier molecular flexibility index (Phi) is 2.08. The van der Waals surface area contributed by atoms with Crippen molar-refractivity contribution in [2.24, 2.45) is 5.92 Å². The van der Waals surface area contributed by atoms with Gasteiger partial charge in [0, 0.05) is 11.0 Å². The molecule has 1 spiro atoms. The number of aliphatic carboxylic acids is 1. The number of rotatable bonds is 2. The fourth-order valence-corrected chi connectivity index (χ4v) is 2.83. The molecule has 1 N–H and O–H groups in total. The lowest BCUT2D eigenvalue weighted by Crippen LogP contribution is -2.24. The minimum Gasteiger partial charge on any atom is -0.497 e. The van der Waals surface area contributed by atoms with Crippen LogP contribution in [0.3, 0.4) is 0 Å². The third-order valence-corrected chi connectivity index (χ3v) is 3.90. The van der Waals surface area contributed by atoms with Crippen LogP contribution in [-0.4, -0.2) is 24.8 Å². The van der Waals surface area contributed by atoms with Crippen LogP contribution in [0.1, 0.15) is 18.4 Å². The van der Waals surface area contributed by atoms with E-state index in [4.69, 9.17) is 14.6 Å². The van der Waals surface area contributed by atoms with Gasteiger partial charge in [0.25, 0.3) is 0 Å². The molecular weight excluding hydrogens is 220 g/mol. The Balaban J connectivity index is 2.05. The standard InChI is InChI=1S/C13H14O4/c1-16-8-2-3-11-9(6-8)13(4-5-17-11)7-10(13)12(14)15/h2-3,6,10H,4-5,7H2,1H3,(H,14,15)/t10-,13-/m0/s1. The van der Waals surface area contributed by atoms with Crippen molar-refractivity contribution in [3.05, 3.63) is 23.8 Å². The number of carboxylic acids is 1. The van der Waals surface area contributed by atoms with Crippen molar-refractivity contribution in [1.29, 1.82) is 0 Å². The summed E-state index contributed by atoms with van der Waals surface area (Å²) in [5, 5.41) is 9.15. The number of carboxylic acid groups (broad SMARTS) is 1. The van der Waals surface area contributed by atoms with E-state index in [1.807, 2.05) is 18.2 Å². The van der Waals surface area contributed by atoms with Crippen LogP contribution in [0.5, 0.6) is 11.5 Å². The maximum absolute atomic E-state index is 11.1. The number of ether oxygens (including phenoxy) is 2. The van der Waals surface area contributed by atoms with Gasteiger partial charge in [0.15, 0.2) is 0 Å². The Bertz CT molecular complexity index is 482. The Labute approximate surface area is 99.2 Å². The molecule has 90 valence electrons. The molecule has 0 saturated heterocycles. The lowest BCUT2D eigenvalue weighted by molar-refractivity contribution is -0.139. The smallest absolute Gasteiger partial charge is 0.307 e. The second-order valence-corrected chi connectivity index (χ2v) is 4.71. The van der Waals surface area contributed by atoms with Gasteiger partial charge in [-0.15, -0.1) is 0 Å². The summed E-state index contributed by atoms with van der Waals surface area (Å²) in [7, 11) is 1.61. The van der Waals surface area contributed by atoms with E-state index in [0.717, 1.165) is 23.5 Å². The summed E-state index contributed by atoms with van der Waals surface area (Å²) in [6.07, 6.45) is 1.50. The molecule has 0 bridgehead atoms. The average molecular weight is 234 g/mol. The predicted molar refractivity (Wildman–Crippen MR) is 60.5 cm³/mol. The molecule has 1 aliphatic heterocycles. The molecule has 2 aliphatic rings. The Hall–Kier alpha value is -1.71. The fourth-order valence-electron chi connectivity index (χ4n) is 2.83. The molecule has 3 rings (SSSR count). The Morgan fingerprint density at radius 3 is 3.06 bits per heavy atom. The molecule has 1 aliphatic carbocycles. The number of hydrogen-bond acceptors (Lipinski definition) is 3. The largest absolute Gasteiger partial charge is 0.497 e. The van der Waals surface area contributed by atoms with E-state index < -0.39 is 5.97 Å². The fraction of sp³-hybridized carbons (Fsp3) is 0.462. The average Bonchev–Trinajstić information content (AvgIpc) is 3.05. The van der Waals surface area contributed by atoms with Crippen molar-refractivity contribution >= 4 is 5.97 Å². The van der Waals surface area contributed by atoms with E-state index in [-0.39, 0.29) is 11.3 Å². The molecule has 17 heavy (non-hydrogen) atoms. The first kappa shape index (κ1) is 10.4. The van der Waals surface area contributed by atoms with Crippen LogP contribution >= 0.6 is 0 Å². The van der Waals surface area contributed by atoms with E-state index in [1.54, 1.807) is 7.11 Å². The zero-order chi connectivity index (χ0) is 12.0. The normalized spacial score (nSPS) is 29.4. The van der Waals surface area contributed by atoms with Gasteiger partial charge in [-0.2, -0.15) is 0 Å². The molecule has 1 saturated carbocycles. The molecule has 4 nitrogen and oxygen atoms in total. The van der Waals surface area contributed by atoms with Crippen molar-refractivity contribution in [2.45, 2.75) is 18.3 Å². The molecule has 1 aromatic rings. The van der Waals surface area contributed by atoms with Gasteiger partial charge in [-0.1, -0.05) is 0 Å². The lowest BCUT2D eigenvalue weighted by atomic mass is 9.87. The number of fused-ring (bicyclic) bond motifs is 2. The Morgan fingerprint density at radius 2 is 2.41 bits per heavy atom. The van der Waals surface area contributed by atoms with Gasteiger partial charge in [-0.25, -0.2) is 0 Å². The monoisotopic (exact) mass is 234 g/mol. The molecule has 1 fully saturated rings. The highest BCUT2D eigenvalue weighted by Crippen LogP contribution is 2.61. The molecular formula is C13H14O4. The number of carbonyl (C=O) groups is 1. The van der Waals surface area contributed by atoms with Gasteiger partial charge in [-0.05, 0) is 31.0 Å². The van der Waals surface area contributed by atoms with E-state index in [0.29, 0.717) is 13.0 Å². The highest BCUT2D eigenvalue weighted by molar-refractivity contribution is 5.78. The van der Waals surface area contributed by atoms with Crippen molar-refractivity contribution in [1.82, 2.24) is 0 Å². The van der Waals surface area contributed by atoms with Gasteiger partial charge in [0.2, 0.25) is 0 Å². The molecule has 0 radical (unpaired) electrons. The number of hydrogen-bond donors (Lipinski definition) is 1. The van der Waals surface area contributed by atoms with E-state index in [9.17, 15) is 4.79 Å². The van der Waals surface area contributed by atoms with E-state index in [1.165, 1.54) is 0 Å². The molecule has 0 unspecified atom stereocenters. The van der Waals surface area contributed by atoms with Crippen LogP contribution in [0.4, 0.5) is 0 Å². The summed E-state index contributed by atoms with van der Waals surface area (Å²) in [6.45, 7) is 0.600. The summed E-state index contributed by atoms with van der Waals surface area (Å²) >= 11 is 0. The summed E-state index contributed by atoms with van der Waals surface area (Å²) in [4.78, 5) is 11.1. The van der Waals surface area contributed by atoms with E-state index in [2.05, 4.69) is 0 Å². The first-order valence-corrected chi connectivity index (χ1v) is 5.71. The van der Waals surface area contributed by atoms with Crippen molar-refractivity contribution in [3.63, 3.8) is 0 Å². The molecule has 0 amide bonds. The van der Waals surface area contributed by atoms with Gasteiger partial charge in [-0.3, -0.25) is 4.79 Å².